The van der Waals surface area contributed by atoms with Crippen LogP contribution in [-0.4, -0.2) is 117 Å². The van der Waals surface area contributed by atoms with E-state index in [-0.39, 0.29) is 59.1 Å². The number of aliphatic hydroxyl groups is 1. The number of quaternary nitrogens is 1. The third-order valence-electron chi connectivity index (χ3n) is 14.3. The molecule has 2 bridgehead atoms. The molecule has 2 amide bonds. The zero-order valence-corrected chi connectivity index (χ0v) is 36.3. The fraction of sp³-hybridized carbons (Fsp3) is 0.574. The molecule has 58 heavy (non-hydrogen) atoms. The summed E-state index contributed by atoms with van der Waals surface area (Å²) in [4.78, 5) is 46.5. The molecule has 2 heterocycles. The lowest BCUT2D eigenvalue weighted by Crippen LogP contribution is -2.71. The van der Waals surface area contributed by atoms with Gasteiger partial charge in [-0.2, -0.15) is 9.90 Å². The normalized spacial score (nSPS) is 30.9. The number of methoxy groups -OCH3 is 1. The number of hydrogen-bond acceptors (Lipinski definition) is 9. The average molecular weight is 797 g/mol. The minimum Gasteiger partial charge on any atom is -0.496 e. The lowest BCUT2D eigenvalue weighted by atomic mass is 9.61. The third-order valence-corrected chi connectivity index (χ3v) is 14.3. The van der Waals surface area contributed by atoms with Crippen molar-refractivity contribution in [2.75, 3.05) is 60.4 Å². The number of likely N-dealkylation sites (N-methyl/N-ethyl adjacent to an activating group) is 2. The lowest BCUT2D eigenvalue weighted by Gasteiger charge is -2.53. The molecule has 4 aliphatic rings. The molecule has 2 aliphatic heterocycles. The quantitative estimate of drug-likeness (QED) is 0.196. The van der Waals surface area contributed by atoms with Gasteiger partial charge in [0.25, 0.3) is 5.91 Å². The number of carbonyl (C=O) groups is 2. The van der Waals surface area contributed by atoms with Crippen molar-refractivity contribution in [3.63, 3.8) is 0 Å². The van der Waals surface area contributed by atoms with Gasteiger partial charge in [-0.3, -0.25) is 9.63 Å². The maximum absolute atomic E-state index is 15.0. The van der Waals surface area contributed by atoms with Gasteiger partial charge in [0.1, 0.15) is 31.0 Å². The van der Waals surface area contributed by atoms with E-state index < -0.39 is 12.1 Å². The number of hydrogen-bond donors (Lipinski definition) is 2. The number of rotatable bonds is 13. The van der Waals surface area contributed by atoms with E-state index in [0.717, 1.165) is 34.4 Å². The van der Waals surface area contributed by atoms with Gasteiger partial charge in [-0.1, -0.05) is 69.3 Å². The SMILES string of the molecule is COc1c(CN2O[C@@H](CO)[C@H]3[C@H](C)O[N+](C)([C@H]4CC5CC[C@@H](C4C)C5(C)C)C(=O)[C@H]32)cccc1-c1cc(C(=O)N[C@H](Cc2ccccc2)CN(C)C)cc(N(C)C)c1. The summed E-state index contributed by atoms with van der Waals surface area (Å²) >= 11 is 0. The summed E-state index contributed by atoms with van der Waals surface area (Å²) in [5.74, 6) is 1.55. The Morgan fingerprint density at radius 2 is 1.79 bits per heavy atom. The molecule has 11 nitrogen and oxygen atoms in total. The van der Waals surface area contributed by atoms with Gasteiger partial charge in [-0.25, -0.2) is 4.79 Å². The maximum Gasteiger partial charge on any atom is 0.365 e. The zero-order valence-electron chi connectivity index (χ0n) is 36.3. The molecule has 0 aromatic heterocycles. The molecule has 11 heteroatoms. The molecule has 3 aromatic carbocycles. The molecule has 314 valence electrons. The number of aliphatic hydroxyl groups excluding tert-OH is 1. The Labute approximate surface area is 345 Å². The molecule has 4 fully saturated rings. The van der Waals surface area contributed by atoms with E-state index in [1.807, 2.05) is 95.6 Å². The first-order valence-corrected chi connectivity index (χ1v) is 21.2. The highest BCUT2D eigenvalue weighted by atomic mass is 16.8. The Bertz CT molecular complexity index is 1950. The third kappa shape index (κ3) is 7.82. The van der Waals surface area contributed by atoms with E-state index >= 15 is 4.79 Å². The molecule has 2 saturated heterocycles. The van der Waals surface area contributed by atoms with Crippen molar-refractivity contribution >= 4 is 17.5 Å². The topological polar surface area (TPSA) is 104 Å². The van der Waals surface area contributed by atoms with Crippen LogP contribution in [0.15, 0.2) is 66.7 Å². The molecule has 10 atom stereocenters. The number of hydroxylamine groups is 5. The highest BCUT2D eigenvalue weighted by Gasteiger charge is 2.67. The standard InChI is InChI=1S/C47H65N5O6/c1-29-39-20-19-35(47(39,3)4)25-40(29)52(9)46(55)43-42(30(2)58-52)41(28-53)57-51(43)26-32-17-14-18-38(44(32)56-10)33-22-34(24-37(23-33)50(7)8)45(54)48-36(27-49(5)6)21-31-15-12-11-13-16-31/h11-18,22-24,29-30,35-36,39-43,53H,19-21,25-28H2,1-10H3/p+1/t29?,30-,35?,36+,39-,40-,41-,42+,43-,52?/m0/s1. The summed E-state index contributed by atoms with van der Waals surface area (Å²) in [6.45, 7) is 9.89. The number of benzene rings is 3. The van der Waals surface area contributed by atoms with Crippen LogP contribution in [0, 0.1) is 29.1 Å². The number of nitrogens with one attached hydrogen (secondary N) is 1. The number of amides is 2. The second-order valence-electron chi connectivity index (χ2n) is 18.7. The highest BCUT2D eigenvalue weighted by Crippen LogP contribution is 2.59. The molecular weight excluding hydrogens is 731 g/mol. The minimum absolute atomic E-state index is 0.0145. The molecule has 2 N–H and O–H groups in total. The number of para-hydroxylation sites is 1. The largest absolute Gasteiger partial charge is 0.496 e. The Hall–Kier alpha value is -3.84. The van der Waals surface area contributed by atoms with E-state index in [4.69, 9.17) is 14.4 Å². The van der Waals surface area contributed by atoms with Gasteiger partial charge < -0.3 is 25.0 Å². The summed E-state index contributed by atoms with van der Waals surface area (Å²) in [5, 5.41) is 15.7. The van der Waals surface area contributed by atoms with Gasteiger partial charge in [0.15, 0.2) is 6.04 Å². The van der Waals surface area contributed by atoms with Crippen molar-refractivity contribution < 1.29 is 33.8 Å². The first-order valence-electron chi connectivity index (χ1n) is 21.2. The van der Waals surface area contributed by atoms with Crippen molar-refractivity contribution in [1.82, 2.24) is 15.3 Å². The molecule has 2 aliphatic carbocycles. The Balaban J connectivity index is 1.19. The van der Waals surface area contributed by atoms with Gasteiger partial charge >= 0.3 is 5.91 Å². The molecule has 7 rings (SSSR count). The Morgan fingerprint density at radius 3 is 2.47 bits per heavy atom. The van der Waals surface area contributed by atoms with Crippen molar-refractivity contribution in [3.05, 3.63) is 83.4 Å². The van der Waals surface area contributed by atoms with Crippen LogP contribution in [-0.2, 0) is 27.4 Å². The van der Waals surface area contributed by atoms with Gasteiger partial charge in [-0.05, 0) is 86.9 Å². The van der Waals surface area contributed by atoms with Gasteiger partial charge in [0.05, 0.1) is 26.2 Å². The fourth-order valence-corrected chi connectivity index (χ4v) is 11.3. The predicted octanol–water partition coefficient (Wildman–Crippen LogP) is 6.19. The summed E-state index contributed by atoms with van der Waals surface area (Å²) in [5.41, 5.74) is 5.34. The van der Waals surface area contributed by atoms with Crippen molar-refractivity contribution in [1.29, 1.82) is 0 Å². The van der Waals surface area contributed by atoms with Crippen molar-refractivity contribution in [3.8, 4) is 16.9 Å². The van der Waals surface area contributed by atoms with Crippen LogP contribution < -0.4 is 15.0 Å². The van der Waals surface area contributed by atoms with Crippen molar-refractivity contribution in [2.24, 2.45) is 29.1 Å². The average Bonchev–Trinajstić information content (AvgIpc) is 3.63. The number of anilines is 1. The highest BCUT2D eigenvalue weighted by molar-refractivity contribution is 5.97. The van der Waals surface area contributed by atoms with Crippen LogP contribution in [0.5, 0.6) is 5.75 Å². The van der Waals surface area contributed by atoms with E-state index in [2.05, 4.69) is 49.2 Å². The smallest absolute Gasteiger partial charge is 0.365 e. The van der Waals surface area contributed by atoms with E-state index in [9.17, 15) is 9.90 Å². The monoisotopic (exact) mass is 797 g/mol. The number of fused-ring (bicyclic) bond motifs is 3. The maximum atomic E-state index is 15.0. The van der Waals surface area contributed by atoms with Crippen molar-refractivity contribution in [2.45, 2.75) is 90.3 Å². The van der Waals surface area contributed by atoms with Crippen LogP contribution in [0.2, 0.25) is 0 Å². The van der Waals surface area contributed by atoms with E-state index in [1.54, 1.807) is 12.2 Å². The Kier molecular flexibility index (Phi) is 12.2. The molecular formula is C47H66N5O6+. The minimum atomic E-state index is -0.614. The fourth-order valence-electron chi connectivity index (χ4n) is 11.3. The number of nitrogens with zero attached hydrogens (tertiary/aromatic N) is 4. The Morgan fingerprint density at radius 1 is 1.05 bits per heavy atom. The summed E-state index contributed by atoms with van der Waals surface area (Å²) in [6.07, 6.45) is 3.15. The molecule has 3 aromatic rings. The van der Waals surface area contributed by atoms with E-state index in [0.29, 0.717) is 42.0 Å². The summed E-state index contributed by atoms with van der Waals surface area (Å²) in [6, 6.07) is 21.5. The lowest BCUT2D eigenvalue weighted by molar-refractivity contribution is -1.06. The first kappa shape index (κ1) is 42.3. The summed E-state index contributed by atoms with van der Waals surface area (Å²) in [7, 11) is 11.6. The van der Waals surface area contributed by atoms with Gasteiger partial charge in [0.2, 0.25) is 0 Å². The van der Waals surface area contributed by atoms with Crippen LogP contribution >= 0.6 is 0 Å². The number of carbonyl (C=O) groups excluding carboxylic acids is 2. The second-order valence-corrected chi connectivity index (χ2v) is 18.7. The summed E-state index contributed by atoms with van der Waals surface area (Å²) < 4.78 is 6.11. The molecule has 2 saturated carbocycles. The predicted molar refractivity (Wildman–Crippen MR) is 227 cm³/mol. The second kappa shape index (κ2) is 16.7. The van der Waals surface area contributed by atoms with Crippen LogP contribution in [0.25, 0.3) is 11.1 Å². The number of ether oxygens (including phenoxy) is 1. The van der Waals surface area contributed by atoms with E-state index in [1.165, 1.54) is 12.8 Å². The molecule has 3 unspecified atom stereocenters. The van der Waals surface area contributed by atoms with Gasteiger partial charge in [-0.15, -0.1) is 4.65 Å². The van der Waals surface area contributed by atoms with Crippen LogP contribution in [0.1, 0.15) is 68.4 Å². The molecule has 0 radical (unpaired) electrons. The van der Waals surface area contributed by atoms with Crippen LogP contribution in [0.4, 0.5) is 5.69 Å². The van der Waals surface area contributed by atoms with Gasteiger partial charge in [0, 0.05) is 61.4 Å². The zero-order chi connectivity index (χ0) is 41.7. The first-order chi connectivity index (χ1) is 27.6. The molecule has 0 spiro atoms. The van der Waals surface area contributed by atoms with Crippen LogP contribution in [0.3, 0.4) is 0 Å².